The van der Waals surface area contributed by atoms with Gasteiger partial charge in [0, 0.05) is 23.0 Å². The lowest BCUT2D eigenvalue weighted by molar-refractivity contribution is -0.121. The van der Waals surface area contributed by atoms with Gasteiger partial charge in [0.1, 0.15) is 5.82 Å². The number of likely N-dealkylation sites (tertiary alicyclic amines) is 1. The van der Waals surface area contributed by atoms with Crippen LogP contribution >= 0.6 is 11.6 Å². The van der Waals surface area contributed by atoms with Crippen LogP contribution < -0.4 is 11.1 Å². The highest BCUT2D eigenvalue weighted by Gasteiger charge is 2.26. The molecule has 0 saturated carbocycles. The second-order valence-electron chi connectivity index (χ2n) is 6.65. The highest BCUT2D eigenvalue weighted by atomic mass is 35.5. The zero-order valence-electron chi connectivity index (χ0n) is 14.8. The van der Waals surface area contributed by atoms with Crippen LogP contribution in [0.2, 0.25) is 5.02 Å². The topological polar surface area (TPSA) is 75.4 Å². The van der Waals surface area contributed by atoms with Crippen LogP contribution in [0.3, 0.4) is 0 Å². The van der Waals surface area contributed by atoms with Crippen molar-refractivity contribution in [3.05, 3.63) is 64.4 Å². The average Bonchev–Trinajstić information content (AvgIpc) is 2.65. The van der Waals surface area contributed by atoms with E-state index in [2.05, 4.69) is 10.2 Å². The molecule has 0 radical (unpaired) electrons. The molecule has 27 heavy (non-hydrogen) atoms. The quantitative estimate of drug-likeness (QED) is 0.822. The minimum Gasteiger partial charge on any atom is -0.366 e. The summed E-state index contributed by atoms with van der Waals surface area (Å²) in [6.07, 6.45) is 1.30. The van der Waals surface area contributed by atoms with Crippen molar-refractivity contribution in [1.82, 2.24) is 4.90 Å². The van der Waals surface area contributed by atoms with Crippen LogP contribution in [-0.4, -0.2) is 29.8 Å². The lowest BCUT2D eigenvalue weighted by atomic mass is 9.95. The molecule has 0 atom stereocenters. The van der Waals surface area contributed by atoms with Crippen molar-refractivity contribution in [3.63, 3.8) is 0 Å². The van der Waals surface area contributed by atoms with Crippen molar-refractivity contribution in [2.75, 3.05) is 18.4 Å². The lowest BCUT2D eigenvalue weighted by Crippen LogP contribution is -2.38. The molecule has 3 N–H and O–H groups in total. The number of piperidine rings is 1. The summed E-state index contributed by atoms with van der Waals surface area (Å²) in [6, 6.07) is 11.3. The number of hydrogen-bond donors (Lipinski definition) is 2. The minimum atomic E-state index is -0.581. The molecule has 142 valence electrons. The third kappa shape index (κ3) is 4.64. The van der Waals surface area contributed by atoms with Crippen molar-refractivity contribution in [1.29, 1.82) is 0 Å². The molecule has 5 nitrogen and oxygen atoms in total. The number of amides is 2. The second-order valence-corrected chi connectivity index (χ2v) is 7.06. The van der Waals surface area contributed by atoms with Crippen LogP contribution in [0.5, 0.6) is 0 Å². The number of nitrogens with two attached hydrogens (primary N) is 1. The van der Waals surface area contributed by atoms with E-state index >= 15 is 0 Å². The Balaban J connectivity index is 1.58. The zero-order chi connectivity index (χ0) is 19.4. The molecule has 0 bridgehead atoms. The Hall–Kier alpha value is -2.44. The van der Waals surface area contributed by atoms with Gasteiger partial charge in [0.05, 0.1) is 11.3 Å². The first kappa shape index (κ1) is 19.3. The van der Waals surface area contributed by atoms with Gasteiger partial charge in [-0.3, -0.25) is 14.5 Å². The van der Waals surface area contributed by atoms with Gasteiger partial charge in [0.15, 0.2) is 0 Å². The molecule has 2 aromatic carbocycles. The number of hydrogen-bond acceptors (Lipinski definition) is 3. The summed E-state index contributed by atoms with van der Waals surface area (Å²) in [5.41, 5.74) is 6.55. The maximum atomic E-state index is 13.9. The van der Waals surface area contributed by atoms with E-state index in [9.17, 15) is 14.0 Å². The van der Waals surface area contributed by atoms with E-state index in [4.69, 9.17) is 17.3 Å². The highest BCUT2D eigenvalue weighted by Crippen LogP contribution is 2.25. The summed E-state index contributed by atoms with van der Waals surface area (Å²) in [6.45, 7) is 1.75. The molecule has 0 aromatic heterocycles. The van der Waals surface area contributed by atoms with E-state index in [1.54, 1.807) is 36.4 Å². The second kappa shape index (κ2) is 8.50. The molecular formula is C20H21ClFN3O2. The summed E-state index contributed by atoms with van der Waals surface area (Å²) >= 11 is 6.09. The number of carbonyl (C=O) groups is 2. The van der Waals surface area contributed by atoms with E-state index in [1.807, 2.05) is 0 Å². The first-order valence-electron chi connectivity index (χ1n) is 8.80. The fourth-order valence-electron chi connectivity index (χ4n) is 3.30. The van der Waals surface area contributed by atoms with Gasteiger partial charge < -0.3 is 11.1 Å². The fraction of sp³-hybridized carbons (Fsp3) is 0.300. The van der Waals surface area contributed by atoms with Crippen LogP contribution in [-0.2, 0) is 11.3 Å². The smallest absolute Gasteiger partial charge is 0.250 e. The van der Waals surface area contributed by atoms with E-state index in [-0.39, 0.29) is 23.2 Å². The van der Waals surface area contributed by atoms with Crippen molar-refractivity contribution >= 4 is 29.1 Å². The Morgan fingerprint density at radius 3 is 2.52 bits per heavy atom. The van der Waals surface area contributed by atoms with E-state index in [1.165, 1.54) is 6.07 Å². The van der Waals surface area contributed by atoms with Gasteiger partial charge in [-0.1, -0.05) is 29.8 Å². The molecule has 1 aliphatic heterocycles. The molecule has 7 heteroatoms. The Kier molecular flexibility index (Phi) is 6.08. The molecule has 2 amide bonds. The molecule has 0 spiro atoms. The van der Waals surface area contributed by atoms with Crippen LogP contribution in [0.1, 0.15) is 28.8 Å². The predicted molar refractivity (Wildman–Crippen MR) is 103 cm³/mol. The summed E-state index contributed by atoms with van der Waals surface area (Å²) in [5, 5.41) is 3.22. The number of anilines is 1. The third-order valence-electron chi connectivity index (χ3n) is 4.85. The Morgan fingerprint density at radius 1 is 1.15 bits per heavy atom. The zero-order valence-corrected chi connectivity index (χ0v) is 15.5. The van der Waals surface area contributed by atoms with E-state index in [0.29, 0.717) is 48.7 Å². The van der Waals surface area contributed by atoms with Gasteiger partial charge in [-0.2, -0.15) is 0 Å². The number of carbonyl (C=O) groups excluding carboxylic acids is 2. The number of nitrogens with one attached hydrogen (secondary N) is 1. The number of rotatable bonds is 5. The Labute approximate surface area is 162 Å². The highest BCUT2D eigenvalue weighted by molar-refractivity contribution is 6.31. The molecule has 1 heterocycles. The van der Waals surface area contributed by atoms with Gasteiger partial charge in [-0.25, -0.2) is 4.39 Å². The molecule has 3 rings (SSSR count). The lowest BCUT2D eigenvalue weighted by Gasteiger charge is -2.31. The first-order valence-corrected chi connectivity index (χ1v) is 9.18. The van der Waals surface area contributed by atoms with Gasteiger partial charge in [-0.05, 0) is 50.2 Å². The normalized spacial score (nSPS) is 15.5. The molecule has 2 aromatic rings. The average molecular weight is 390 g/mol. The number of para-hydroxylation sites is 1. The summed E-state index contributed by atoms with van der Waals surface area (Å²) in [5.74, 6) is -1.20. The first-order chi connectivity index (χ1) is 13.0. The predicted octanol–water partition coefficient (Wildman–Crippen LogP) is 3.43. The van der Waals surface area contributed by atoms with Crippen molar-refractivity contribution in [3.8, 4) is 0 Å². The number of primary amides is 1. The number of nitrogens with zero attached hydrogens (tertiary/aromatic N) is 1. The largest absolute Gasteiger partial charge is 0.366 e. The molecule has 0 unspecified atom stereocenters. The van der Waals surface area contributed by atoms with Gasteiger partial charge in [0.2, 0.25) is 5.91 Å². The van der Waals surface area contributed by atoms with Gasteiger partial charge in [0.25, 0.3) is 5.91 Å². The summed E-state index contributed by atoms with van der Waals surface area (Å²) in [7, 11) is 0. The van der Waals surface area contributed by atoms with Crippen LogP contribution in [0.25, 0.3) is 0 Å². The van der Waals surface area contributed by atoms with Crippen molar-refractivity contribution in [2.24, 2.45) is 11.7 Å². The molecular weight excluding hydrogens is 369 g/mol. The standard InChI is InChI=1S/C20H21ClFN3O2/c21-16-5-3-6-17(22)15(16)12-25-10-8-13(9-11-25)20(27)24-18-7-2-1-4-14(18)19(23)26/h1-7,13H,8-12H2,(H2,23,26)(H,24,27). The summed E-state index contributed by atoms with van der Waals surface area (Å²) < 4.78 is 13.9. The summed E-state index contributed by atoms with van der Waals surface area (Å²) in [4.78, 5) is 26.1. The Morgan fingerprint density at radius 2 is 1.85 bits per heavy atom. The van der Waals surface area contributed by atoms with Gasteiger partial charge in [-0.15, -0.1) is 0 Å². The van der Waals surface area contributed by atoms with Crippen LogP contribution in [0.15, 0.2) is 42.5 Å². The molecule has 1 saturated heterocycles. The monoisotopic (exact) mass is 389 g/mol. The maximum Gasteiger partial charge on any atom is 0.250 e. The fourth-order valence-corrected chi connectivity index (χ4v) is 3.52. The van der Waals surface area contributed by atoms with E-state index in [0.717, 1.165) is 0 Å². The molecule has 1 aliphatic rings. The third-order valence-corrected chi connectivity index (χ3v) is 5.21. The van der Waals surface area contributed by atoms with Gasteiger partial charge >= 0.3 is 0 Å². The van der Waals surface area contributed by atoms with Crippen molar-refractivity contribution in [2.45, 2.75) is 19.4 Å². The van der Waals surface area contributed by atoms with Crippen LogP contribution in [0.4, 0.5) is 10.1 Å². The van der Waals surface area contributed by atoms with Crippen molar-refractivity contribution < 1.29 is 14.0 Å². The van der Waals surface area contributed by atoms with E-state index < -0.39 is 5.91 Å². The molecule has 0 aliphatic carbocycles. The van der Waals surface area contributed by atoms with Crippen LogP contribution in [0, 0.1) is 11.7 Å². The molecule has 1 fully saturated rings. The number of benzene rings is 2. The minimum absolute atomic E-state index is 0.132. The number of halogens is 2. The SMILES string of the molecule is NC(=O)c1ccccc1NC(=O)C1CCN(Cc2c(F)cccc2Cl)CC1. The Bertz CT molecular complexity index is 831. The maximum absolute atomic E-state index is 13.9.